The van der Waals surface area contributed by atoms with Crippen LogP contribution in [0.5, 0.6) is 0 Å². The number of rotatable bonds is 3. The first-order valence-electron chi connectivity index (χ1n) is 5.29. The number of amides is 1. The molecule has 0 spiro atoms. The van der Waals surface area contributed by atoms with Gasteiger partial charge in [-0.15, -0.1) is 0 Å². The largest absolute Gasteiger partial charge is 0.336 e. The third kappa shape index (κ3) is 2.51. The summed E-state index contributed by atoms with van der Waals surface area (Å²) in [6, 6.07) is 8.29. The van der Waals surface area contributed by atoms with Gasteiger partial charge in [0.05, 0.1) is 0 Å². The summed E-state index contributed by atoms with van der Waals surface area (Å²) in [6.07, 6.45) is 2.34. The maximum Gasteiger partial charge on any atom is 0.254 e. The Kier molecular flexibility index (Phi) is 3.29. The van der Waals surface area contributed by atoms with Crippen molar-refractivity contribution in [2.45, 2.75) is 25.8 Å². The van der Waals surface area contributed by atoms with Gasteiger partial charge in [0.25, 0.3) is 5.91 Å². The highest BCUT2D eigenvalue weighted by molar-refractivity contribution is 14.1. The zero-order chi connectivity index (χ0) is 10.8. The Morgan fingerprint density at radius 2 is 2.00 bits per heavy atom. The molecule has 1 amide bonds. The maximum absolute atomic E-state index is 12.1. The molecule has 1 aromatic carbocycles. The van der Waals surface area contributed by atoms with Crippen molar-refractivity contribution >= 4 is 28.5 Å². The van der Waals surface area contributed by atoms with Crippen molar-refractivity contribution in [3.8, 4) is 0 Å². The Bertz CT molecular complexity index is 356. The molecule has 0 aliphatic heterocycles. The van der Waals surface area contributed by atoms with Gasteiger partial charge in [-0.2, -0.15) is 0 Å². The molecule has 1 aromatic rings. The molecule has 1 fully saturated rings. The van der Waals surface area contributed by atoms with Crippen LogP contribution in [-0.4, -0.2) is 23.4 Å². The molecule has 0 radical (unpaired) electrons. The Morgan fingerprint density at radius 3 is 2.47 bits per heavy atom. The third-order valence-electron chi connectivity index (χ3n) is 2.68. The summed E-state index contributed by atoms with van der Waals surface area (Å²) in [7, 11) is 0. The van der Waals surface area contributed by atoms with E-state index in [0.717, 1.165) is 12.1 Å². The molecule has 0 atom stereocenters. The number of halogens is 1. The highest BCUT2D eigenvalue weighted by Crippen LogP contribution is 2.27. The van der Waals surface area contributed by atoms with Crippen LogP contribution in [0.25, 0.3) is 0 Å². The topological polar surface area (TPSA) is 20.3 Å². The lowest BCUT2D eigenvalue weighted by molar-refractivity contribution is 0.0752. The molecule has 0 aromatic heterocycles. The fourth-order valence-electron chi connectivity index (χ4n) is 1.71. The van der Waals surface area contributed by atoms with Crippen molar-refractivity contribution in [3.05, 3.63) is 33.4 Å². The van der Waals surface area contributed by atoms with Crippen LogP contribution >= 0.6 is 22.6 Å². The molecule has 2 nitrogen and oxygen atoms in total. The van der Waals surface area contributed by atoms with E-state index in [4.69, 9.17) is 0 Å². The van der Waals surface area contributed by atoms with Gasteiger partial charge in [-0.1, -0.05) is 0 Å². The van der Waals surface area contributed by atoms with E-state index in [1.165, 1.54) is 16.4 Å². The minimum Gasteiger partial charge on any atom is -0.336 e. The monoisotopic (exact) mass is 315 g/mol. The molecule has 80 valence electrons. The van der Waals surface area contributed by atoms with E-state index in [0.29, 0.717) is 6.04 Å². The molecular formula is C12H14INO. The van der Waals surface area contributed by atoms with Gasteiger partial charge in [-0.25, -0.2) is 0 Å². The first-order valence-corrected chi connectivity index (χ1v) is 6.36. The summed E-state index contributed by atoms with van der Waals surface area (Å²) in [6.45, 7) is 2.86. The van der Waals surface area contributed by atoms with E-state index >= 15 is 0 Å². The van der Waals surface area contributed by atoms with Gasteiger partial charge in [-0.05, 0) is 66.6 Å². The van der Waals surface area contributed by atoms with Crippen molar-refractivity contribution in [2.24, 2.45) is 0 Å². The molecule has 0 heterocycles. The van der Waals surface area contributed by atoms with Crippen LogP contribution in [0.1, 0.15) is 30.1 Å². The van der Waals surface area contributed by atoms with Crippen LogP contribution in [0.2, 0.25) is 0 Å². The van der Waals surface area contributed by atoms with Crippen molar-refractivity contribution in [1.29, 1.82) is 0 Å². The second-order valence-corrected chi connectivity index (χ2v) is 5.07. The van der Waals surface area contributed by atoms with Crippen LogP contribution in [0.15, 0.2) is 24.3 Å². The second kappa shape index (κ2) is 4.51. The lowest BCUT2D eigenvalue weighted by atomic mass is 10.2. The molecule has 2 rings (SSSR count). The number of carbonyl (C=O) groups is 1. The first-order chi connectivity index (χ1) is 7.22. The van der Waals surface area contributed by atoms with Gasteiger partial charge in [-0.3, -0.25) is 4.79 Å². The molecule has 1 saturated carbocycles. The van der Waals surface area contributed by atoms with Crippen molar-refractivity contribution in [1.82, 2.24) is 4.90 Å². The van der Waals surface area contributed by atoms with Crippen molar-refractivity contribution < 1.29 is 4.79 Å². The fourth-order valence-corrected chi connectivity index (χ4v) is 2.07. The Morgan fingerprint density at radius 1 is 1.40 bits per heavy atom. The van der Waals surface area contributed by atoms with Crippen LogP contribution in [0, 0.1) is 3.57 Å². The average Bonchev–Trinajstić information content (AvgIpc) is 3.04. The molecule has 0 bridgehead atoms. The molecule has 3 heteroatoms. The number of nitrogens with zero attached hydrogens (tertiary/aromatic N) is 1. The molecule has 0 saturated heterocycles. The van der Waals surface area contributed by atoms with Gasteiger partial charge < -0.3 is 4.90 Å². The molecular weight excluding hydrogens is 301 g/mol. The lowest BCUT2D eigenvalue weighted by Crippen LogP contribution is -2.32. The maximum atomic E-state index is 12.1. The Hall–Kier alpha value is -0.580. The summed E-state index contributed by atoms with van der Waals surface area (Å²) in [5, 5.41) is 0. The normalized spacial score (nSPS) is 15.1. The lowest BCUT2D eigenvalue weighted by Gasteiger charge is -2.20. The van der Waals surface area contributed by atoms with Crippen LogP contribution in [0.3, 0.4) is 0 Å². The molecule has 0 N–H and O–H groups in total. The number of carbonyl (C=O) groups excluding carboxylic acids is 1. The van der Waals surface area contributed by atoms with Crippen LogP contribution < -0.4 is 0 Å². The molecule has 15 heavy (non-hydrogen) atoms. The van der Waals surface area contributed by atoms with Gasteiger partial charge in [0.15, 0.2) is 0 Å². The number of benzene rings is 1. The molecule has 1 aliphatic carbocycles. The number of hydrogen-bond acceptors (Lipinski definition) is 1. The van der Waals surface area contributed by atoms with Gasteiger partial charge in [0, 0.05) is 21.7 Å². The summed E-state index contributed by atoms with van der Waals surface area (Å²) in [5.74, 6) is 0.177. The van der Waals surface area contributed by atoms with Crippen LogP contribution in [-0.2, 0) is 0 Å². The van der Waals surface area contributed by atoms with E-state index in [2.05, 4.69) is 22.6 Å². The molecule has 1 aliphatic rings. The SMILES string of the molecule is CCN(C(=O)c1ccc(I)cc1)C1CC1. The average molecular weight is 315 g/mol. The minimum atomic E-state index is 0.177. The predicted octanol–water partition coefficient (Wildman–Crippen LogP) is 2.92. The number of hydrogen-bond donors (Lipinski definition) is 0. The van der Waals surface area contributed by atoms with E-state index in [9.17, 15) is 4.79 Å². The van der Waals surface area contributed by atoms with Crippen LogP contribution in [0.4, 0.5) is 0 Å². The van der Waals surface area contributed by atoms with Gasteiger partial charge in [0.1, 0.15) is 0 Å². The first kappa shape index (κ1) is 10.9. The highest BCUT2D eigenvalue weighted by Gasteiger charge is 2.31. The standard InChI is InChI=1S/C12H14INO/c1-2-14(11-7-8-11)12(15)9-3-5-10(13)6-4-9/h3-6,11H,2,7-8H2,1H3. The summed E-state index contributed by atoms with van der Waals surface area (Å²) >= 11 is 2.25. The zero-order valence-corrected chi connectivity index (χ0v) is 10.9. The highest BCUT2D eigenvalue weighted by atomic mass is 127. The smallest absolute Gasteiger partial charge is 0.254 e. The fraction of sp³-hybridized carbons (Fsp3) is 0.417. The predicted molar refractivity (Wildman–Crippen MR) is 68.9 cm³/mol. The zero-order valence-electron chi connectivity index (χ0n) is 8.74. The summed E-state index contributed by atoms with van der Waals surface area (Å²) in [5.41, 5.74) is 0.809. The summed E-state index contributed by atoms with van der Waals surface area (Å²) < 4.78 is 1.17. The Labute approximate surface area is 104 Å². The van der Waals surface area contributed by atoms with E-state index in [1.54, 1.807) is 0 Å². The third-order valence-corrected chi connectivity index (χ3v) is 3.40. The van der Waals surface area contributed by atoms with Gasteiger partial charge >= 0.3 is 0 Å². The summed E-state index contributed by atoms with van der Waals surface area (Å²) in [4.78, 5) is 14.1. The van der Waals surface area contributed by atoms with E-state index in [-0.39, 0.29) is 5.91 Å². The van der Waals surface area contributed by atoms with Gasteiger partial charge in [0.2, 0.25) is 0 Å². The molecule has 0 unspecified atom stereocenters. The van der Waals surface area contributed by atoms with E-state index in [1.807, 2.05) is 36.1 Å². The van der Waals surface area contributed by atoms with Crippen molar-refractivity contribution in [3.63, 3.8) is 0 Å². The van der Waals surface area contributed by atoms with E-state index < -0.39 is 0 Å². The Balaban J connectivity index is 2.15. The second-order valence-electron chi connectivity index (χ2n) is 3.83. The van der Waals surface area contributed by atoms with Crippen molar-refractivity contribution in [2.75, 3.05) is 6.54 Å². The quantitative estimate of drug-likeness (QED) is 0.786. The minimum absolute atomic E-state index is 0.177.